The maximum Gasteiger partial charge on any atom is 0.320 e. The normalized spacial score (nSPS) is 19.6. The molecule has 0 saturated carbocycles. The van der Waals surface area contributed by atoms with Crippen molar-refractivity contribution in [1.82, 2.24) is 15.1 Å². The van der Waals surface area contributed by atoms with Crippen LogP contribution in [0.2, 0.25) is 0 Å². The van der Waals surface area contributed by atoms with Gasteiger partial charge < -0.3 is 14.8 Å². The molecule has 1 fully saturated rings. The van der Waals surface area contributed by atoms with Crippen LogP contribution >= 0.6 is 0 Å². The van der Waals surface area contributed by atoms with Crippen LogP contribution in [0.15, 0.2) is 6.07 Å². The van der Waals surface area contributed by atoms with Crippen molar-refractivity contribution in [1.29, 1.82) is 0 Å². The first kappa shape index (κ1) is 12.8. The quantitative estimate of drug-likeness (QED) is 0.811. The first-order valence-electron chi connectivity index (χ1n) is 5.90. The summed E-state index contributed by atoms with van der Waals surface area (Å²) in [5.41, 5.74) is 0.858. The lowest BCUT2D eigenvalue weighted by Gasteiger charge is -2.23. The topological polar surface area (TPSA) is 77.4 Å². The number of carbonyl (C=O) groups is 1. The number of hydrogen-bond acceptors (Lipinski definition) is 4. The van der Waals surface area contributed by atoms with Crippen LogP contribution in [0, 0.1) is 6.92 Å². The van der Waals surface area contributed by atoms with Gasteiger partial charge in [-0.05, 0) is 6.92 Å². The first-order chi connectivity index (χ1) is 8.65. The summed E-state index contributed by atoms with van der Waals surface area (Å²) in [4.78, 5) is 11.7. The van der Waals surface area contributed by atoms with Gasteiger partial charge in [0.2, 0.25) is 0 Å². The van der Waals surface area contributed by atoms with E-state index in [1.54, 1.807) is 17.8 Å². The standard InChI is InChI=1S/C11H18N4O3/c1-8-5-10(15(2)14-8)13-11(16)12-6-9-7-17-3-4-18-9/h5,9H,3-4,6-7H2,1-2H3,(H2,12,13,16)/t9-/m1/s1. The molecule has 2 amide bonds. The lowest BCUT2D eigenvalue weighted by molar-refractivity contribution is -0.0852. The van der Waals surface area contributed by atoms with Crippen LogP contribution in [-0.4, -0.2) is 48.3 Å². The van der Waals surface area contributed by atoms with Gasteiger partial charge in [-0.2, -0.15) is 5.10 Å². The number of rotatable bonds is 3. The second-order valence-electron chi connectivity index (χ2n) is 4.20. The summed E-state index contributed by atoms with van der Waals surface area (Å²) in [6.07, 6.45) is -0.0715. The fourth-order valence-corrected chi connectivity index (χ4v) is 1.75. The summed E-state index contributed by atoms with van der Waals surface area (Å²) in [6, 6.07) is 1.53. The molecule has 0 spiro atoms. The molecule has 1 aliphatic heterocycles. The van der Waals surface area contributed by atoms with Gasteiger partial charge in [-0.25, -0.2) is 4.79 Å². The number of ether oxygens (including phenoxy) is 2. The molecule has 18 heavy (non-hydrogen) atoms. The number of hydrogen-bond donors (Lipinski definition) is 2. The van der Waals surface area contributed by atoms with E-state index in [9.17, 15) is 4.79 Å². The molecule has 0 aromatic carbocycles. The van der Waals surface area contributed by atoms with E-state index in [0.29, 0.717) is 32.2 Å². The van der Waals surface area contributed by atoms with E-state index in [4.69, 9.17) is 9.47 Å². The van der Waals surface area contributed by atoms with Gasteiger partial charge in [-0.3, -0.25) is 10.00 Å². The van der Waals surface area contributed by atoms with Gasteiger partial charge in [0.15, 0.2) is 0 Å². The molecule has 100 valence electrons. The third kappa shape index (κ3) is 3.44. The molecule has 1 saturated heterocycles. The number of urea groups is 1. The Balaban J connectivity index is 1.76. The molecule has 0 radical (unpaired) electrons. The summed E-state index contributed by atoms with van der Waals surface area (Å²) >= 11 is 0. The van der Waals surface area contributed by atoms with Crippen molar-refractivity contribution in [3.63, 3.8) is 0 Å². The number of anilines is 1. The van der Waals surface area contributed by atoms with E-state index in [1.807, 2.05) is 6.92 Å². The minimum absolute atomic E-state index is 0.0715. The van der Waals surface area contributed by atoms with Crippen LogP contribution in [0.4, 0.5) is 10.6 Å². The van der Waals surface area contributed by atoms with Gasteiger partial charge in [-0.15, -0.1) is 0 Å². The van der Waals surface area contributed by atoms with Gasteiger partial charge >= 0.3 is 6.03 Å². The molecule has 1 atom stereocenters. The third-order valence-electron chi connectivity index (χ3n) is 2.62. The zero-order valence-corrected chi connectivity index (χ0v) is 10.6. The van der Waals surface area contributed by atoms with E-state index in [2.05, 4.69) is 15.7 Å². The van der Waals surface area contributed by atoms with Crippen LogP contribution in [0.25, 0.3) is 0 Å². The molecular formula is C11H18N4O3. The maximum atomic E-state index is 11.7. The van der Waals surface area contributed by atoms with Crippen molar-refractivity contribution >= 4 is 11.8 Å². The van der Waals surface area contributed by atoms with Crippen molar-refractivity contribution in [2.75, 3.05) is 31.7 Å². The lowest BCUT2D eigenvalue weighted by atomic mass is 10.3. The molecule has 2 rings (SSSR count). The van der Waals surface area contributed by atoms with Crippen LogP contribution in [0.1, 0.15) is 5.69 Å². The second-order valence-corrected chi connectivity index (χ2v) is 4.20. The molecule has 0 bridgehead atoms. The third-order valence-corrected chi connectivity index (χ3v) is 2.62. The molecule has 0 aliphatic carbocycles. The zero-order valence-electron chi connectivity index (χ0n) is 10.6. The minimum Gasteiger partial charge on any atom is -0.376 e. The molecule has 7 heteroatoms. The Bertz CT molecular complexity index is 412. The second kappa shape index (κ2) is 5.83. The van der Waals surface area contributed by atoms with Crippen LogP contribution in [0.3, 0.4) is 0 Å². The van der Waals surface area contributed by atoms with E-state index < -0.39 is 0 Å². The number of aryl methyl sites for hydroxylation is 2. The lowest BCUT2D eigenvalue weighted by Crippen LogP contribution is -2.41. The van der Waals surface area contributed by atoms with Crippen molar-refractivity contribution < 1.29 is 14.3 Å². The first-order valence-corrected chi connectivity index (χ1v) is 5.90. The highest BCUT2D eigenvalue weighted by Gasteiger charge is 2.15. The monoisotopic (exact) mass is 254 g/mol. The smallest absolute Gasteiger partial charge is 0.320 e. The number of amides is 2. The zero-order chi connectivity index (χ0) is 13.0. The van der Waals surface area contributed by atoms with E-state index in [0.717, 1.165) is 5.69 Å². The van der Waals surface area contributed by atoms with E-state index in [1.165, 1.54) is 0 Å². The van der Waals surface area contributed by atoms with E-state index in [-0.39, 0.29) is 12.1 Å². The molecular weight excluding hydrogens is 236 g/mol. The predicted octanol–water partition coefficient (Wildman–Crippen LogP) is 0.265. The SMILES string of the molecule is Cc1cc(NC(=O)NC[C@@H]2COCCO2)n(C)n1. The average molecular weight is 254 g/mol. The van der Waals surface area contributed by atoms with Gasteiger partial charge in [0.1, 0.15) is 5.82 Å². The van der Waals surface area contributed by atoms with Gasteiger partial charge in [0.05, 0.1) is 31.6 Å². The minimum atomic E-state index is -0.271. The Labute approximate surface area is 105 Å². The Kier molecular flexibility index (Phi) is 4.16. The Morgan fingerprint density at radius 1 is 1.61 bits per heavy atom. The molecule has 7 nitrogen and oxygen atoms in total. The molecule has 0 unspecified atom stereocenters. The fraction of sp³-hybridized carbons (Fsp3) is 0.636. The molecule has 1 aliphatic rings. The summed E-state index contributed by atoms with van der Waals surface area (Å²) in [5.74, 6) is 0.658. The Hall–Kier alpha value is -1.60. The molecule has 2 N–H and O–H groups in total. The van der Waals surface area contributed by atoms with Crippen molar-refractivity contribution in [3.8, 4) is 0 Å². The van der Waals surface area contributed by atoms with Gasteiger partial charge in [0.25, 0.3) is 0 Å². The Morgan fingerprint density at radius 2 is 2.44 bits per heavy atom. The van der Waals surface area contributed by atoms with Gasteiger partial charge in [-0.1, -0.05) is 0 Å². The molecule has 1 aromatic rings. The summed E-state index contributed by atoms with van der Waals surface area (Å²) in [5, 5.41) is 9.61. The number of nitrogens with zero attached hydrogens (tertiary/aromatic N) is 2. The fourth-order valence-electron chi connectivity index (χ4n) is 1.75. The van der Waals surface area contributed by atoms with Crippen LogP contribution in [-0.2, 0) is 16.5 Å². The summed E-state index contributed by atoms with van der Waals surface area (Å²) in [6.45, 7) is 4.02. The highest BCUT2D eigenvalue weighted by molar-refractivity contribution is 5.88. The summed E-state index contributed by atoms with van der Waals surface area (Å²) in [7, 11) is 1.78. The number of aromatic nitrogens is 2. The van der Waals surface area contributed by atoms with Gasteiger partial charge in [0, 0.05) is 19.7 Å². The highest BCUT2D eigenvalue weighted by atomic mass is 16.6. The Morgan fingerprint density at radius 3 is 3.06 bits per heavy atom. The van der Waals surface area contributed by atoms with Crippen LogP contribution < -0.4 is 10.6 Å². The molecule has 2 heterocycles. The predicted molar refractivity (Wildman–Crippen MR) is 65.5 cm³/mol. The van der Waals surface area contributed by atoms with Crippen molar-refractivity contribution in [2.24, 2.45) is 7.05 Å². The number of carbonyl (C=O) groups excluding carboxylic acids is 1. The van der Waals surface area contributed by atoms with E-state index >= 15 is 0 Å². The molecule has 1 aromatic heterocycles. The highest BCUT2D eigenvalue weighted by Crippen LogP contribution is 2.07. The maximum absolute atomic E-state index is 11.7. The summed E-state index contributed by atoms with van der Waals surface area (Å²) < 4.78 is 12.3. The van der Waals surface area contributed by atoms with Crippen molar-refractivity contribution in [3.05, 3.63) is 11.8 Å². The van der Waals surface area contributed by atoms with Crippen LogP contribution in [0.5, 0.6) is 0 Å². The number of nitrogens with one attached hydrogen (secondary N) is 2. The van der Waals surface area contributed by atoms with Crippen molar-refractivity contribution in [2.45, 2.75) is 13.0 Å². The average Bonchev–Trinajstić information content (AvgIpc) is 2.67. The largest absolute Gasteiger partial charge is 0.376 e.